The summed E-state index contributed by atoms with van der Waals surface area (Å²) in [6.45, 7) is 1.37. The summed E-state index contributed by atoms with van der Waals surface area (Å²) in [7, 11) is 0. The van der Waals surface area contributed by atoms with Gasteiger partial charge in [-0.25, -0.2) is 4.98 Å². The standard InChI is InChI=1S/C16H18N4O2/c21-16(9-13-3-1-5-17-10-13)20-8-2-4-14(12-20)22-15-11-18-6-7-19-15/h1,3,5-7,10-11,14H,2,4,8-9,12H2/t14-/m1/s1. The predicted octanol–water partition coefficient (Wildman–Crippen LogP) is 1.48. The monoisotopic (exact) mass is 298 g/mol. The molecule has 0 aromatic carbocycles. The Labute approximate surface area is 129 Å². The van der Waals surface area contributed by atoms with Crippen molar-refractivity contribution >= 4 is 5.91 Å². The van der Waals surface area contributed by atoms with Crippen molar-refractivity contribution in [1.29, 1.82) is 0 Å². The molecule has 0 spiro atoms. The van der Waals surface area contributed by atoms with E-state index in [1.54, 1.807) is 31.0 Å². The Balaban J connectivity index is 1.57. The van der Waals surface area contributed by atoms with E-state index in [0.717, 1.165) is 24.9 Å². The molecule has 1 saturated heterocycles. The zero-order chi connectivity index (χ0) is 15.2. The number of piperidine rings is 1. The van der Waals surface area contributed by atoms with Gasteiger partial charge < -0.3 is 9.64 Å². The van der Waals surface area contributed by atoms with Crippen LogP contribution in [0.4, 0.5) is 0 Å². The normalized spacial score (nSPS) is 18.0. The summed E-state index contributed by atoms with van der Waals surface area (Å²) < 4.78 is 5.81. The van der Waals surface area contributed by atoms with E-state index in [-0.39, 0.29) is 12.0 Å². The molecule has 0 unspecified atom stereocenters. The number of carbonyl (C=O) groups is 1. The summed E-state index contributed by atoms with van der Waals surface area (Å²) in [5.41, 5.74) is 0.935. The number of likely N-dealkylation sites (tertiary alicyclic amines) is 1. The van der Waals surface area contributed by atoms with Crippen LogP contribution in [0.5, 0.6) is 5.88 Å². The van der Waals surface area contributed by atoms with Gasteiger partial charge in [-0.1, -0.05) is 6.07 Å². The third kappa shape index (κ3) is 3.78. The van der Waals surface area contributed by atoms with Gasteiger partial charge in [0.1, 0.15) is 6.10 Å². The Kier molecular flexibility index (Phi) is 4.58. The smallest absolute Gasteiger partial charge is 0.232 e. The van der Waals surface area contributed by atoms with Crippen LogP contribution in [0.2, 0.25) is 0 Å². The van der Waals surface area contributed by atoms with Crippen molar-refractivity contribution in [3.05, 3.63) is 48.7 Å². The van der Waals surface area contributed by atoms with E-state index in [4.69, 9.17) is 4.74 Å². The summed E-state index contributed by atoms with van der Waals surface area (Å²) in [6, 6.07) is 3.77. The first-order chi connectivity index (χ1) is 10.8. The first-order valence-electron chi connectivity index (χ1n) is 7.40. The van der Waals surface area contributed by atoms with E-state index in [9.17, 15) is 4.79 Å². The van der Waals surface area contributed by atoms with E-state index < -0.39 is 0 Å². The fraction of sp³-hybridized carbons (Fsp3) is 0.375. The molecule has 2 aromatic heterocycles. The van der Waals surface area contributed by atoms with Crippen LogP contribution in [0.3, 0.4) is 0 Å². The second-order valence-corrected chi connectivity index (χ2v) is 5.30. The van der Waals surface area contributed by atoms with Crippen LogP contribution in [0.15, 0.2) is 43.1 Å². The number of aromatic nitrogens is 3. The number of rotatable bonds is 4. The molecule has 0 aliphatic carbocycles. The van der Waals surface area contributed by atoms with Crippen LogP contribution >= 0.6 is 0 Å². The Morgan fingerprint density at radius 3 is 2.95 bits per heavy atom. The van der Waals surface area contributed by atoms with Crippen molar-refractivity contribution < 1.29 is 9.53 Å². The Hall–Kier alpha value is -2.50. The molecule has 1 aliphatic rings. The maximum Gasteiger partial charge on any atom is 0.232 e. The van der Waals surface area contributed by atoms with Gasteiger partial charge in [0.25, 0.3) is 0 Å². The fourth-order valence-corrected chi connectivity index (χ4v) is 2.57. The van der Waals surface area contributed by atoms with Gasteiger partial charge in [-0.2, -0.15) is 0 Å². The lowest BCUT2D eigenvalue weighted by Crippen LogP contribution is -2.45. The summed E-state index contributed by atoms with van der Waals surface area (Å²) in [5, 5.41) is 0. The Morgan fingerprint density at radius 1 is 1.27 bits per heavy atom. The SMILES string of the molecule is O=C(Cc1cccnc1)N1CCC[C@@H](Oc2cnccn2)C1. The highest BCUT2D eigenvalue weighted by molar-refractivity contribution is 5.78. The zero-order valence-corrected chi connectivity index (χ0v) is 12.3. The average Bonchev–Trinajstić information content (AvgIpc) is 2.57. The highest BCUT2D eigenvalue weighted by Gasteiger charge is 2.25. The minimum Gasteiger partial charge on any atom is -0.471 e. The van der Waals surface area contributed by atoms with E-state index in [1.807, 2.05) is 17.0 Å². The molecule has 0 N–H and O–H groups in total. The third-order valence-electron chi connectivity index (χ3n) is 3.64. The van der Waals surface area contributed by atoms with Crippen LogP contribution in [-0.4, -0.2) is 45.0 Å². The van der Waals surface area contributed by atoms with Crippen LogP contribution < -0.4 is 4.74 Å². The third-order valence-corrected chi connectivity index (χ3v) is 3.64. The second-order valence-electron chi connectivity index (χ2n) is 5.30. The molecule has 22 heavy (non-hydrogen) atoms. The maximum absolute atomic E-state index is 12.4. The van der Waals surface area contributed by atoms with Crippen molar-refractivity contribution in [3.63, 3.8) is 0 Å². The number of ether oxygens (including phenoxy) is 1. The first-order valence-corrected chi connectivity index (χ1v) is 7.40. The van der Waals surface area contributed by atoms with Gasteiger partial charge in [-0.3, -0.25) is 14.8 Å². The summed E-state index contributed by atoms with van der Waals surface area (Å²) in [6.07, 6.45) is 10.5. The number of carbonyl (C=O) groups excluding carboxylic acids is 1. The molecule has 114 valence electrons. The van der Waals surface area contributed by atoms with E-state index in [0.29, 0.717) is 18.8 Å². The minimum atomic E-state index is -0.0247. The molecule has 1 atom stereocenters. The lowest BCUT2D eigenvalue weighted by Gasteiger charge is -2.32. The molecule has 1 fully saturated rings. The quantitative estimate of drug-likeness (QED) is 0.855. The maximum atomic E-state index is 12.4. The summed E-state index contributed by atoms with van der Waals surface area (Å²) in [4.78, 5) is 26.4. The highest BCUT2D eigenvalue weighted by Crippen LogP contribution is 2.16. The number of hydrogen-bond donors (Lipinski definition) is 0. The zero-order valence-electron chi connectivity index (χ0n) is 12.3. The van der Waals surface area contributed by atoms with Crippen LogP contribution in [0.25, 0.3) is 0 Å². The van der Waals surface area contributed by atoms with Gasteiger partial charge in [0.05, 0.1) is 19.2 Å². The Bertz CT molecular complexity index is 606. The van der Waals surface area contributed by atoms with Gasteiger partial charge >= 0.3 is 0 Å². The number of nitrogens with zero attached hydrogens (tertiary/aromatic N) is 4. The molecule has 0 radical (unpaired) electrons. The minimum absolute atomic E-state index is 0.0247. The van der Waals surface area contributed by atoms with Gasteiger partial charge in [-0.05, 0) is 24.5 Å². The van der Waals surface area contributed by atoms with Crippen molar-refractivity contribution in [2.75, 3.05) is 13.1 Å². The first kappa shape index (κ1) is 14.4. The molecule has 0 bridgehead atoms. The van der Waals surface area contributed by atoms with Crippen molar-refractivity contribution in [2.24, 2.45) is 0 Å². The van der Waals surface area contributed by atoms with Gasteiger partial charge in [0.15, 0.2) is 0 Å². The highest BCUT2D eigenvalue weighted by atomic mass is 16.5. The molecule has 3 heterocycles. The van der Waals surface area contributed by atoms with Crippen LogP contribution in [-0.2, 0) is 11.2 Å². The predicted molar refractivity (Wildman–Crippen MR) is 80.2 cm³/mol. The van der Waals surface area contributed by atoms with Gasteiger partial charge in [0, 0.05) is 31.3 Å². The van der Waals surface area contributed by atoms with Gasteiger partial charge in [-0.15, -0.1) is 0 Å². The number of hydrogen-bond acceptors (Lipinski definition) is 5. The fourth-order valence-electron chi connectivity index (χ4n) is 2.57. The molecule has 1 amide bonds. The van der Waals surface area contributed by atoms with Gasteiger partial charge in [0.2, 0.25) is 11.8 Å². The van der Waals surface area contributed by atoms with Crippen LogP contribution in [0, 0.1) is 0 Å². The molecule has 2 aromatic rings. The van der Waals surface area contributed by atoms with Crippen LogP contribution in [0.1, 0.15) is 18.4 Å². The number of pyridine rings is 1. The largest absolute Gasteiger partial charge is 0.471 e. The van der Waals surface area contributed by atoms with Crippen molar-refractivity contribution in [3.8, 4) is 5.88 Å². The lowest BCUT2D eigenvalue weighted by atomic mass is 10.1. The Morgan fingerprint density at radius 2 is 2.18 bits per heavy atom. The van der Waals surface area contributed by atoms with E-state index in [1.165, 1.54) is 0 Å². The topological polar surface area (TPSA) is 68.2 Å². The molecule has 0 saturated carbocycles. The lowest BCUT2D eigenvalue weighted by molar-refractivity contribution is -0.133. The van der Waals surface area contributed by atoms with Crippen molar-refractivity contribution in [1.82, 2.24) is 19.9 Å². The second kappa shape index (κ2) is 6.98. The van der Waals surface area contributed by atoms with E-state index in [2.05, 4.69) is 15.0 Å². The molecule has 1 aliphatic heterocycles. The van der Waals surface area contributed by atoms with Crippen molar-refractivity contribution in [2.45, 2.75) is 25.4 Å². The molecular formula is C16H18N4O2. The molecular weight excluding hydrogens is 280 g/mol. The van der Waals surface area contributed by atoms with E-state index >= 15 is 0 Å². The number of amides is 1. The summed E-state index contributed by atoms with van der Waals surface area (Å²) >= 11 is 0. The summed E-state index contributed by atoms with van der Waals surface area (Å²) in [5.74, 6) is 0.620. The average molecular weight is 298 g/mol. The molecule has 6 nitrogen and oxygen atoms in total. The molecule has 6 heteroatoms. The molecule has 3 rings (SSSR count).